The molecule has 0 radical (unpaired) electrons. The molecule has 1 aliphatic carbocycles. The quantitative estimate of drug-likeness (QED) is 0.670. The Morgan fingerprint density at radius 3 is 2.40 bits per heavy atom. The Bertz CT molecular complexity index is 77.3. The van der Waals surface area contributed by atoms with Gasteiger partial charge < -0.3 is 5.32 Å². The first-order chi connectivity index (χ1) is 4.29. The predicted octanol–water partition coefficient (Wildman–Crippen LogP) is 2.21. The van der Waals surface area contributed by atoms with Crippen LogP contribution in [0, 0.1) is 5.92 Å². The van der Waals surface area contributed by atoms with E-state index in [9.17, 15) is 0 Å². The SMILES string of the molecule is CC(C)CCNC1CC1.Cl. The standard InChI is InChI=1S/C8H17N.ClH/c1-7(2)5-6-9-8-3-4-8;/h7-9H,3-6H2,1-2H3;1H. The Labute approximate surface area is 70.0 Å². The minimum Gasteiger partial charge on any atom is -0.314 e. The van der Waals surface area contributed by atoms with E-state index in [1.165, 1.54) is 25.8 Å². The molecule has 0 saturated heterocycles. The lowest BCUT2D eigenvalue weighted by Gasteiger charge is -2.03. The van der Waals surface area contributed by atoms with Crippen LogP contribution in [0.15, 0.2) is 0 Å². The number of nitrogens with one attached hydrogen (secondary N) is 1. The highest BCUT2D eigenvalue weighted by Gasteiger charge is 2.19. The van der Waals surface area contributed by atoms with E-state index in [1.54, 1.807) is 0 Å². The van der Waals surface area contributed by atoms with Crippen molar-refractivity contribution in [3.63, 3.8) is 0 Å². The molecule has 1 fully saturated rings. The van der Waals surface area contributed by atoms with Crippen molar-refractivity contribution in [2.75, 3.05) is 6.54 Å². The van der Waals surface area contributed by atoms with Gasteiger partial charge in [-0.3, -0.25) is 0 Å². The normalized spacial score (nSPS) is 17.1. The third-order valence-electron chi connectivity index (χ3n) is 1.73. The number of hydrogen-bond acceptors (Lipinski definition) is 1. The Kier molecular flexibility index (Phi) is 5.10. The van der Waals surface area contributed by atoms with Crippen LogP contribution in [-0.4, -0.2) is 12.6 Å². The van der Waals surface area contributed by atoms with Crippen molar-refractivity contribution in [2.24, 2.45) is 5.92 Å². The molecule has 1 rings (SSSR count). The predicted molar refractivity (Wildman–Crippen MR) is 47.7 cm³/mol. The summed E-state index contributed by atoms with van der Waals surface area (Å²) in [4.78, 5) is 0. The van der Waals surface area contributed by atoms with Gasteiger partial charge in [0.25, 0.3) is 0 Å². The molecule has 1 nitrogen and oxygen atoms in total. The Balaban J connectivity index is 0.000000810. The van der Waals surface area contributed by atoms with Crippen molar-refractivity contribution in [2.45, 2.75) is 39.2 Å². The second-order valence-corrected chi connectivity index (χ2v) is 3.41. The monoisotopic (exact) mass is 163 g/mol. The highest BCUT2D eigenvalue weighted by Crippen LogP contribution is 2.18. The first-order valence-electron chi connectivity index (χ1n) is 4.02. The van der Waals surface area contributed by atoms with Gasteiger partial charge in [0.2, 0.25) is 0 Å². The van der Waals surface area contributed by atoms with Crippen molar-refractivity contribution in [3.05, 3.63) is 0 Å². The fourth-order valence-corrected chi connectivity index (χ4v) is 0.864. The Hall–Kier alpha value is 0.250. The van der Waals surface area contributed by atoms with Gasteiger partial charge in [0.15, 0.2) is 0 Å². The summed E-state index contributed by atoms with van der Waals surface area (Å²) in [6.45, 7) is 5.77. The van der Waals surface area contributed by atoms with Gasteiger partial charge in [0, 0.05) is 6.04 Å². The van der Waals surface area contributed by atoms with E-state index in [1.807, 2.05) is 0 Å². The van der Waals surface area contributed by atoms with E-state index in [2.05, 4.69) is 19.2 Å². The van der Waals surface area contributed by atoms with Gasteiger partial charge in [-0.05, 0) is 31.7 Å². The zero-order valence-electron chi connectivity index (χ0n) is 6.89. The van der Waals surface area contributed by atoms with Crippen LogP contribution >= 0.6 is 12.4 Å². The van der Waals surface area contributed by atoms with Gasteiger partial charge >= 0.3 is 0 Å². The fraction of sp³-hybridized carbons (Fsp3) is 1.00. The van der Waals surface area contributed by atoms with Crippen molar-refractivity contribution >= 4 is 12.4 Å². The Morgan fingerprint density at radius 1 is 1.40 bits per heavy atom. The van der Waals surface area contributed by atoms with Crippen LogP contribution in [0.4, 0.5) is 0 Å². The summed E-state index contributed by atoms with van der Waals surface area (Å²) in [5.41, 5.74) is 0. The molecule has 0 aliphatic heterocycles. The van der Waals surface area contributed by atoms with Crippen molar-refractivity contribution in [3.8, 4) is 0 Å². The summed E-state index contributed by atoms with van der Waals surface area (Å²) in [5, 5.41) is 3.49. The van der Waals surface area contributed by atoms with E-state index >= 15 is 0 Å². The van der Waals surface area contributed by atoms with Crippen LogP contribution in [0.3, 0.4) is 0 Å². The maximum Gasteiger partial charge on any atom is 0.00682 e. The second-order valence-electron chi connectivity index (χ2n) is 3.41. The van der Waals surface area contributed by atoms with Gasteiger partial charge in [-0.15, -0.1) is 12.4 Å². The van der Waals surface area contributed by atoms with Crippen molar-refractivity contribution < 1.29 is 0 Å². The molecule has 0 unspecified atom stereocenters. The molecule has 0 atom stereocenters. The smallest absolute Gasteiger partial charge is 0.00682 e. The van der Waals surface area contributed by atoms with Gasteiger partial charge in [-0.1, -0.05) is 13.8 Å². The maximum atomic E-state index is 3.49. The summed E-state index contributed by atoms with van der Waals surface area (Å²) < 4.78 is 0. The molecule has 0 heterocycles. The zero-order chi connectivity index (χ0) is 6.69. The summed E-state index contributed by atoms with van der Waals surface area (Å²) in [5.74, 6) is 0.858. The van der Waals surface area contributed by atoms with E-state index < -0.39 is 0 Å². The maximum absolute atomic E-state index is 3.49. The molecule has 0 aromatic carbocycles. The summed E-state index contributed by atoms with van der Waals surface area (Å²) in [6.07, 6.45) is 4.16. The molecular formula is C8H18ClN. The average molecular weight is 164 g/mol. The van der Waals surface area contributed by atoms with Crippen LogP contribution in [-0.2, 0) is 0 Å². The topological polar surface area (TPSA) is 12.0 Å². The van der Waals surface area contributed by atoms with Crippen LogP contribution < -0.4 is 5.32 Å². The van der Waals surface area contributed by atoms with Crippen LogP contribution in [0.25, 0.3) is 0 Å². The third-order valence-corrected chi connectivity index (χ3v) is 1.73. The summed E-state index contributed by atoms with van der Waals surface area (Å²) >= 11 is 0. The average Bonchev–Trinajstić information content (AvgIpc) is 2.48. The molecule has 1 saturated carbocycles. The van der Waals surface area contributed by atoms with E-state index in [-0.39, 0.29) is 12.4 Å². The Morgan fingerprint density at radius 2 is 2.00 bits per heavy atom. The van der Waals surface area contributed by atoms with Gasteiger partial charge in [0.1, 0.15) is 0 Å². The molecule has 0 bridgehead atoms. The molecule has 10 heavy (non-hydrogen) atoms. The highest BCUT2D eigenvalue weighted by molar-refractivity contribution is 5.85. The van der Waals surface area contributed by atoms with Crippen molar-refractivity contribution in [1.82, 2.24) is 5.32 Å². The van der Waals surface area contributed by atoms with Gasteiger partial charge in [0.05, 0.1) is 0 Å². The first kappa shape index (κ1) is 10.2. The molecule has 0 aromatic heterocycles. The van der Waals surface area contributed by atoms with Crippen LogP contribution in [0.1, 0.15) is 33.1 Å². The van der Waals surface area contributed by atoms with E-state index in [0.717, 1.165) is 12.0 Å². The summed E-state index contributed by atoms with van der Waals surface area (Å²) in [6, 6.07) is 0.892. The number of rotatable bonds is 4. The highest BCUT2D eigenvalue weighted by atomic mass is 35.5. The van der Waals surface area contributed by atoms with Gasteiger partial charge in [-0.25, -0.2) is 0 Å². The minimum atomic E-state index is 0. The zero-order valence-corrected chi connectivity index (χ0v) is 7.71. The number of halogens is 1. The second kappa shape index (κ2) is 4.97. The van der Waals surface area contributed by atoms with Crippen LogP contribution in [0.5, 0.6) is 0 Å². The molecule has 2 heteroatoms. The number of hydrogen-bond donors (Lipinski definition) is 1. The van der Waals surface area contributed by atoms with E-state index in [4.69, 9.17) is 0 Å². The third kappa shape index (κ3) is 5.07. The lowest BCUT2D eigenvalue weighted by Crippen LogP contribution is -2.18. The molecule has 0 amide bonds. The molecule has 0 aromatic rings. The lowest BCUT2D eigenvalue weighted by atomic mass is 10.1. The molecular weight excluding hydrogens is 146 g/mol. The minimum absolute atomic E-state index is 0. The molecule has 62 valence electrons. The lowest BCUT2D eigenvalue weighted by molar-refractivity contribution is 0.536. The largest absolute Gasteiger partial charge is 0.314 e. The first-order valence-corrected chi connectivity index (χ1v) is 4.02. The van der Waals surface area contributed by atoms with Crippen molar-refractivity contribution in [1.29, 1.82) is 0 Å². The van der Waals surface area contributed by atoms with E-state index in [0.29, 0.717) is 0 Å². The molecule has 0 spiro atoms. The fourth-order valence-electron chi connectivity index (χ4n) is 0.864. The molecule has 1 N–H and O–H groups in total. The molecule has 1 aliphatic rings. The summed E-state index contributed by atoms with van der Waals surface area (Å²) in [7, 11) is 0. The van der Waals surface area contributed by atoms with Gasteiger partial charge in [-0.2, -0.15) is 0 Å². The van der Waals surface area contributed by atoms with Crippen LogP contribution in [0.2, 0.25) is 0 Å².